The standard InChI is InChI=1S/C17H27NO3/c1-5-13(4)18-15(8-9-16(19)20)17(21)14-7-6-11(2)10-12(14)3/h6-7,10,13,15,17-18,21H,5,8-9H2,1-4H3,(H,19,20). The van der Waals surface area contributed by atoms with Crippen molar-refractivity contribution in [2.45, 2.75) is 65.1 Å². The number of carboxylic acid groups (broad SMARTS) is 1. The number of aliphatic hydroxyl groups excluding tert-OH is 1. The van der Waals surface area contributed by atoms with E-state index in [0.717, 1.165) is 23.1 Å². The van der Waals surface area contributed by atoms with Crippen molar-refractivity contribution in [3.8, 4) is 0 Å². The normalized spacial score (nSPS) is 15.5. The lowest BCUT2D eigenvalue weighted by molar-refractivity contribution is -0.137. The first-order valence-electron chi connectivity index (χ1n) is 7.58. The number of carbonyl (C=O) groups is 1. The van der Waals surface area contributed by atoms with E-state index in [1.165, 1.54) is 0 Å². The Balaban J connectivity index is 2.91. The topological polar surface area (TPSA) is 69.6 Å². The maximum absolute atomic E-state index is 10.8. The van der Waals surface area contributed by atoms with Crippen molar-refractivity contribution in [2.24, 2.45) is 0 Å². The number of nitrogens with one attached hydrogen (secondary N) is 1. The molecule has 0 aliphatic carbocycles. The van der Waals surface area contributed by atoms with Gasteiger partial charge >= 0.3 is 5.97 Å². The van der Waals surface area contributed by atoms with Crippen LogP contribution in [0.2, 0.25) is 0 Å². The van der Waals surface area contributed by atoms with Crippen molar-refractivity contribution in [1.82, 2.24) is 5.32 Å². The third-order valence-corrected chi connectivity index (χ3v) is 3.91. The average Bonchev–Trinajstić information content (AvgIpc) is 2.42. The van der Waals surface area contributed by atoms with Gasteiger partial charge in [0, 0.05) is 18.5 Å². The second kappa shape index (κ2) is 8.15. The highest BCUT2D eigenvalue weighted by molar-refractivity contribution is 5.66. The van der Waals surface area contributed by atoms with Crippen molar-refractivity contribution in [3.63, 3.8) is 0 Å². The molecule has 0 aliphatic heterocycles. The van der Waals surface area contributed by atoms with Crippen LogP contribution in [0.1, 0.15) is 55.9 Å². The summed E-state index contributed by atoms with van der Waals surface area (Å²) in [6.45, 7) is 8.10. The molecule has 0 amide bonds. The summed E-state index contributed by atoms with van der Waals surface area (Å²) >= 11 is 0. The zero-order valence-corrected chi connectivity index (χ0v) is 13.4. The first kappa shape index (κ1) is 17.7. The monoisotopic (exact) mass is 293 g/mol. The molecular weight excluding hydrogens is 266 g/mol. The van der Waals surface area contributed by atoms with Gasteiger partial charge in [0.15, 0.2) is 0 Å². The van der Waals surface area contributed by atoms with Crippen LogP contribution in [0, 0.1) is 13.8 Å². The van der Waals surface area contributed by atoms with E-state index in [1.807, 2.05) is 39.0 Å². The van der Waals surface area contributed by atoms with E-state index >= 15 is 0 Å². The second-order valence-electron chi connectivity index (χ2n) is 5.82. The molecule has 0 spiro atoms. The quantitative estimate of drug-likeness (QED) is 0.689. The molecule has 21 heavy (non-hydrogen) atoms. The Bertz CT molecular complexity index is 473. The fourth-order valence-electron chi connectivity index (χ4n) is 2.47. The zero-order chi connectivity index (χ0) is 16.0. The summed E-state index contributed by atoms with van der Waals surface area (Å²) in [7, 11) is 0. The lowest BCUT2D eigenvalue weighted by Gasteiger charge is -2.28. The van der Waals surface area contributed by atoms with E-state index in [0.29, 0.717) is 6.42 Å². The number of benzene rings is 1. The van der Waals surface area contributed by atoms with Crippen molar-refractivity contribution in [1.29, 1.82) is 0 Å². The number of aliphatic carboxylic acids is 1. The zero-order valence-electron chi connectivity index (χ0n) is 13.4. The summed E-state index contributed by atoms with van der Waals surface area (Å²) in [6, 6.07) is 5.93. The third-order valence-electron chi connectivity index (χ3n) is 3.91. The van der Waals surface area contributed by atoms with Crippen LogP contribution in [0.5, 0.6) is 0 Å². The van der Waals surface area contributed by atoms with Gasteiger partial charge < -0.3 is 15.5 Å². The molecule has 0 saturated carbocycles. The highest BCUT2D eigenvalue weighted by atomic mass is 16.4. The lowest BCUT2D eigenvalue weighted by atomic mass is 9.93. The van der Waals surface area contributed by atoms with Crippen LogP contribution in [0.25, 0.3) is 0 Å². The summed E-state index contributed by atoms with van der Waals surface area (Å²) in [5, 5.41) is 22.9. The van der Waals surface area contributed by atoms with Crippen LogP contribution < -0.4 is 5.32 Å². The van der Waals surface area contributed by atoms with Gasteiger partial charge in [0.05, 0.1) is 6.10 Å². The highest BCUT2D eigenvalue weighted by Crippen LogP contribution is 2.24. The largest absolute Gasteiger partial charge is 0.481 e. The molecule has 4 nitrogen and oxygen atoms in total. The highest BCUT2D eigenvalue weighted by Gasteiger charge is 2.24. The number of rotatable bonds is 8. The van der Waals surface area contributed by atoms with Crippen molar-refractivity contribution < 1.29 is 15.0 Å². The SMILES string of the molecule is CCC(C)NC(CCC(=O)O)C(O)c1ccc(C)cc1C. The number of hydrogen-bond acceptors (Lipinski definition) is 3. The minimum atomic E-state index is -0.834. The van der Waals surface area contributed by atoms with Crippen LogP contribution in [0.4, 0.5) is 0 Å². The van der Waals surface area contributed by atoms with E-state index in [-0.39, 0.29) is 18.5 Å². The fourth-order valence-corrected chi connectivity index (χ4v) is 2.47. The molecule has 3 N–H and O–H groups in total. The van der Waals surface area contributed by atoms with Gasteiger partial charge in [-0.2, -0.15) is 0 Å². The first-order valence-corrected chi connectivity index (χ1v) is 7.58. The predicted molar refractivity (Wildman–Crippen MR) is 84.4 cm³/mol. The lowest BCUT2D eigenvalue weighted by Crippen LogP contribution is -2.41. The van der Waals surface area contributed by atoms with Crippen LogP contribution in [-0.2, 0) is 4.79 Å². The van der Waals surface area contributed by atoms with E-state index in [4.69, 9.17) is 5.11 Å². The summed E-state index contributed by atoms with van der Waals surface area (Å²) in [5.74, 6) is -0.834. The Labute approximate surface area is 127 Å². The number of carboxylic acids is 1. The molecule has 0 heterocycles. The molecule has 1 aromatic carbocycles. The van der Waals surface area contributed by atoms with E-state index in [2.05, 4.69) is 12.2 Å². The smallest absolute Gasteiger partial charge is 0.303 e. The first-order chi connectivity index (χ1) is 9.85. The summed E-state index contributed by atoms with van der Waals surface area (Å²) in [6.07, 6.45) is 0.701. The fraction of sp³-hybridized carbons (Fsp3) is 0.588. The Kier molecular flexibility index (Phi) is 6.85. The Morgan fingerprint density at radius 1 is 1.33 bits per heavy atom. The van der Waals surface area contributed by atoms with Gasteiger partial charge in [0.25, 0.3) is 0 Å². The van der Waals surface area contributed by atoms with Gasteiger partial charge in [-0.15, -0.1) is 0 Å². The number of aryl methyl sites for hydroxylation is 2. The Morgan fingerprint density at radius 2 is 2.00 bits per heavy atom. The van der Waals surface area contributed by atoms with E-state index < -0.39 is 12.1 Å². The van der Waals surface area contributed by atoms with Crippen LogP contribution in [0.3, 0.4) is 0 Å². The minimum Gasteiger partial charge on any atom is -0.481 e. The number of aliphatic hydroxyl groups is 1. The molecule has 1 aromatic rings. The number of hydrogen-bond donors (Lipinski definition) is 3. The Hall–Kier alpha value is -1.39. The van der Waals surface area contributed by atoms with Gasteiger partial charge in [-0.3, -0.25) is 4.79 Å². The van der Waals surface area contributed by atoms with E-state index in [9.17, 15) is 9.90 Å². The average molecular weight is 293 g/mol. The van der Waals surface area contributed by atoms with Crippen LogP contribution in [-0.4, -0.2) is 28.3 Å². The van der Waals surface area contributed by atoms with Gasteiger partial charge in [-0.1, -0.05) is 30.7 Å². The van der Waals surface area contributed by atoms with Crippen molar-refractivity contribution in [2.75, 3.05) is 0 Å². The van der Waals surface area contributed by atoms with Crippen LogP contribution in [0.15, 0.2) is 18.2 Å². The summed E-state index contributed by atoms with van der Waals surface area (Å²) < 4.78 is 0. The molecule has 1 rings (SSSR count). The predicted octanol–water partition coefficient (Wildman–Crippen LogP) is 2.96. The summed E-state index contributed by atoms with van der Waals surface area (Å²) in [4.78, 5) is 10.8. The van der Waals surface area contributed by atoms with Gasteiger partial charge in [-0.25, -0.2) is 0 Å². The second-order valence-corrected chi connectivity index (χ2v) is 5.82. The molecule has 3 unspecified atom stereocenters. The molecule has 118 valence electrons. The van der Waals surface area contributed by atoms with E-state index in [1.54, 1.807) is 0 Å². The van der Waals surface area contributed by atoms with Crippen molar-refractivity contribution >= 4 is 5.97 Å². The molecule has 4 heteroatoms. The molecule has 0 aliphatic rings. The molecule has 3 atom stereocenters. The third kappa shape index (κ3) is 5.48. The molecule has 0 aromatic heterocycles. The Morgan fingerprint density at radius 3 is 2.52 bits per heavy atom. The van der Waals surface area contributed by atoms with Gasteiger partial charge in [0.1, 0.15) is 0 Å². The van der Waals surface area contributed by atoms with Crippen molar-refractivity contribution in [3.05, 3.63) is 34.9 Å². The summed E-state index contributed by atoms with van der Waals surface area (Å²) in [5.41, 5.74) is 3.06. The maximum Gasteiger partial charge on any atom is 0.303 e. The minimum absolute atomic E-state index is 0.0517. The molecule has 0 radical (unpaired) electrons. The van der Waals surface area contributed by atoms with Gasteiger partial charge in [0.2, 0.25) is 0 Å². The van der Waals surface area contributed by atoms with Gasteiger partial charge in [-0.05, 0) is 44.7 Å². The van der Waals surface area contributed by atoms with Crippen LogP contribution >= 0.6 is 0 Å². The molecule has 0 saturated heterocycles. The maximum atomic E-state index is 10.8. The molecule has 0 fully saturated rings. The molecule has 0 bridgehead atoms. The molecular formula is C17H27NO3.